The van der Waals surface area contributed by atoms with Crippen molar-refractivity contribution in [3.8, 4) is 6.07 Å². The lowest BCUT2D eigenvalue weighted by Crippen LogP contribution is -2.34. The van der Waals surface area contributed by atoms with Gasteiger partial charge in [0.1, 0.15) is 18.4 Å². The van der Waals surface area contributed by atoms with Crippen molar-refractivity contribution in [3.05, 3.63) is 54.0 Å². The Morgan fingerprint density at radius 2 is 2.00 bits per heavy atom. The predicted octanol–water partition coefficient (Wildman–Crippen LogP) is 0.850. The molecule has 1 atom stereocenters. The standard InChI is InChI=1S/C17H17N3O6S/c1-12(14-6-4-8-25-14)20-16(21)11-26-17(22)10-19-27(23,24)15-7-3-2-5-13(15)9-18/h2-8,12,19H,10-11H2,1H3,(H,20,21)/t12-/m1/s1. The Morgan fingerprint density at radius 1 is 1.26 bits per heavy atom. The Hall–Kier alpha value is -3.16. The first-order valence-electron chi connectivity index (χ1n) is 7.80. The van der Waals surface area contributed by atoms with Gasteiger partial charge in [-0.05, 0) is 31.2 Å². The number of furan rings is 1. The van der Waals surface area contributed by atoms with Crippen molar-refractivity contribution >= 4 is 21.9 Å². The molecule has 10 heteroatoms. The van der Waals surface area contributed by atoms with Gasteiger partial charge in [-0.25, -0.2) is 8.42 Å². The second-order valence-electron chi connectivity index (χ2n) is 5.40. The topological polar surface area (TPSA) is 138 Å². The number of nitrogens with one attached hydrogen (secondary N) is 2. The van der Waals surface area contributed by atoms with Crippen molar-refractivity contribution < 1.29 is 27.2 Å². The summed E-state index contributed by atoms with van der Waals surface area (Å²) < 4.78 is 36.3. The molecule has 0 aliphatic rings. The normalized spacial score (nSPS) is 12.0. The van der Waals surface area contributed by atoms with Gasteiger partial charge < -0.3 is 14.5 Å². The Kier molecular flexibility index (Phi) is 6.70. The fraction of sp³-hybridized carbons (Fsp3) is 0.235. The Labute approximate surface area is 156 Å². The smallest absolute Gasteiger partial charge is 0.321 e. The fourth-order valence-electron chi connectivity index (χ4n) is 2.11. The Bertz CT molecular complexity index is 947. The number of sulfonamides is 1. The number of nitrogens with zero attached hydrogens (tertiary/aromatic N) is 1. The van der Waals surface area contributed by atoms with Crippen LogP contribution < -0.4 is 10.0 Å². The number of nitriles is 1. The molecule has 0 fully saturated rings. The highest BCUT2D eigenvalue weighted by atomic mass is 32.2. The molecule has 1 aromatic heterocycles. The van der Waals surface area contributed by atoms with Crippen molar-refractivity contribution in [3.63, 3.8) is 0 Å². The summed E-state index contributed by atoms with van der Waals surface area (Å²) in [7, 11) is -4.07. The average molecular weight is 391 g/mol. The van der Waals surface area contributed by atoms with Gasteiger partial charge in [0.05, 0.1) is 22.8 Å². The lowest BCUT2D eigenvalue weighted by molar-refractivity contribution is -0.147. The van der Waals surface area contributed by atoms with Gasteiger partial charge in [-0.3, -0.25) is 9.59 Å². The van der Waals surface area contributed by atoms with E-state index in [0.29, 0.717) is 5.76 Å². The fourth-order valence-corrected chi connectivity index (χ4v) is 3.24. The zero-order valence-electron chi connectivity index (χ0n) is 14.3. The third-order valence-electron chi connectivity index (χ3n) is 3.42. The van der Waals surface area contributed by atoms with Crippen LogP contribution in [0.2, 0.25) is 0 Å². The summed E-state index contributed by atoms with van der Waals surface area (Å²) in [4.78, 5) is 23.2. The van der Waals surface area contributed by atoms with Crippen molar-refractivity contribution in [1.82, 2.24) is 10.0 Å². The van der Waals surface area contributed by atoms with E-state index < -0.39 is 41.1 Å². The first kappa shape index (κ1) is 20.2. The highest BCUT2D eigenvalue weighted by Gasteiger charge is 2.20. The van der Waals surface area contributed by atoms with E-state index in [9.17, 15) is 18.0 Å². The second kappa shape index (κ2) is 8.98. The molecule has 0 aliphatic heterocycles. The van der Waals surface area contributed by atoms with Gasteiger partial charge in [0.15, 0.2) is 6.61 Å². The summed E-state index contributed by atoms with van der Waals surface area (Å²) in [5.41, 5.74) is -0.0512. The number of amides is 1. The van der Waals surface area contributed by atoms with Crippen LogP contribution in [0, 0.1) is 11.3 Å². The minimum absolute atomic E-state index is 0.0512. The van der Waals surface area contributed by atoms with Crippen molar-refractivity contribution in [2.75, 3.05) is 13.2 Å². The summed E-state index contributed by atoms with van der Waals surface area (Å²) in [5.74, 6) is -0.961. The number of benzene rings is 1. The molecular formula is C17H17N3O6S. The van der Waals surface area contributed by atoms with E-state index in [-0.39, 0.29) is 10.5 Å². The van der Waals surface area contributed by atoms with Gasteiger partial charge >= 0.3 is 5.97 Å². The average Bonchev–Trinajstić information content (AvgIpc) is 3.19. The van der Waals surface area contributed by atoms with Crippen LogP contribution in [0.25, 0.3) is 0 Å². The van der Waals surface area contributed by atoms with Gasteiger partial charge in [0.2, 0.25) is 10.0 Å². The number of hydrogen-bond donors (Lipinski definition) is 2. The molecule has 2 aromatic rings. The minimum atomic E-state index is -4.07. The molecule has 2 rings (SSSR count). The lowest BCUT2D eigenvalue weighted by Gasteiger charge is -2.12. The van der Waals surface area contributed by atoms with Gasteiger partial charge in [-0.2, -0.15) is 9.98 Å². The number of rotatable bonds is 8. The number of hydrogen-bond acceptors (Lipinski definition) is 7. The summed E-state index contributed by atoms with van der Waals surface area (Å²) in [6, 6.07) is 10.3. The summed E-state index contributed by atoms with van der Waals surface area (Å²) in [6.07, 6.45) is 1.47. The number of carbonyl (C=O) groups is 2. The number of carbonyl (C=O) groups excluding carboxylic acids is 2. The van der Waals surface area contributed by atoms with Crippen LogP contribution >= 0.6 is 0 Å². The molecule has 9 nitrogen and oxygen atoms in total. The van der Waals surface area contributed by atoms with Gasteiger partial charge in [-0.15, -0.1) is 0 Å². The SMILES string of the molecule is C[C@@H](NC(=O)COC(=O)CNS(=O)(=O)c1ccccc1C#N)c1ccco1. The van der Waals surface area contributed by atoms with E-state index in [1.807, 2.05) is 4.72 Å². The maximum absolute atomic E-state index is 12.2. The van der Waals surface area contributed by atoms with Gasteiger partial charge in [0.25, 0.3) is 5.91 Å². The maximum atomic E-state index is 12.2. The largest absolute Gasteiger partial charge is 0.467 e. The Balaban J connectivity index is 1.82. The predicted molar refractivity (Wildman–Crippen MR) is 92.6 cm³/mol. The first-order valence-corrected chi connectivity index (χ1v) is 9.29. The van der Waals surface area contributed by atoms with E-state index in [4.69, 9.17) is 14.4 Å². The van der Waals surface area contributed by atoms with Crippen LogP contribution in [-0.4, -0.2) is 33.4 Å². The van der Waals surface area contributed by atoms with Crippen molar-refractivity contribution in [2.45, 2.75) is 17.9 Å². The molecule has 1 aromatic carbocycles. The molecule has 142 valence electrons. The minimum Gasteiger partial charge on any atom is -0.467 e. The van der Waals surface area contributed by atoms with Gasteiger partial charge in [0, 0.05) is 0 Å². The molecule has 0 bridgehead atoms. The van der Waals surface area contributed by atoms with Crippen LogP contribution in [-0.2, 0) is 24.3 Å². The molecule has 0 unspecified atom stereocenters. The summed E-state index contributed by atoms with van der Waals surface area (Å²) >= 11 is 0. The van der Waals surface area contributed by atoms with E-state index in [2.05, 4.69) is 5.32 Å². The molecular weight excluding hydrogens is 374 g/mol. The van der Waals surface area contributed by atoms with E-state index in [1.54, 1.807) is 25.1 Å². The van der Waals surface area contributed by atoms with Crippen LogP contribution in [0.1, 0.15) is 24.3 Å². The Morgan fingerprint density at radius 3 is 2.67 bits per heavy atom. The molecule has 0 aliphatic carbocycles. The zero-order chi connectivity index (χ0) is 19.9. The lowest BCUT2D eigenvalue weighted by atomic mass is 10.2. The highest BCUT2D eigenvalue weighted by molar-refractivity contribution is 7.89. The van der Waals surface area contributed by atoms with Crippen LogP contribution in [0.3, 0.4) is 0 Å². The summed E-state index contributed by atoms with van der Waals surface area (Å²) in [5, 5.41) is 11.5. The maximum Gasteiger partial charge on any atom is 0.321 e. The molecule has 1 amide bonds. The van der Waals surface area contributed by atoms with Crippen LogP contribution in [0.4, 0.5) is 0 Å². The number of esters is 1. The van der Waals surface area contributed by atoms with Crippen LogP contribution in [0.15, 0.2) is 52.0 Å². The molecule has 0 radical (unpaired) electrons. The van der Waals surface area contributed by atoms with E-state index in [0.717, 1.165) is 0 Å². The number of ether oxygens (including phenoxy) is 1. The second-order valence-corrected chi connectivity index (χ2v) is 7.13. The highest BCUT2D eigenvalue weighted by Crippen LogP contribution is 2.14. The quantitative estimate of drug-likeness (QED) is 0.636. The first-order chi connectivity index (χ1) is 12.8. The van der Waals surface area contributed by atoms with E-state index >= 15 is 0 Å². The zero-order valence-corrected chi connectivity index (χ0v) is 15.2. The van der Waals surface area contributed by atoms with Crippen LogP contribution in [0.5, 0.6) is 0 Å². The monoisotopic (exact) mass is 391 g/mol. The molecule has 27 heavy (non-hydrogen) atoms. The third-order valence-corrected chi connectivity index (χ3v) is 4.87. The molecule has 0 spiro atoms. The summed E-state index contributed by atoms with van der Waals surface area (Å²) in [6.45, 7) is 0.447. The van der Waals surface area contributed by atoms with Crippen molar-refractivity contribution in [1.29, 1.82) is 5.26 Å². The van der Waals surface area contributed by atoms with Crippen molar-refractivity contribution in [2.24, 2.45) is 0 Å². The molecule has 0 saturated carbocycles. The third kappa shape index (κ3) is 5.67. The molecule has 1 heterocycles. The molecule has 0 saturated heterocycles. The van der Waals surface area contributed by atoms with Gasteiger partial charge in [-0.1, -0.05) is 12.1 Å². The molecule has 2 N–H and O–H groups in total. The van der Waals surface area contributed by atoms with E-state index in [1.165, 1.54) is 30.5 Å².